The quantitative estimate of drug-likeness (QED) is 0.611. The first-order valence-electron chi connectivity index (χ1n) is 2.97. The van der Waals surface area contributed by atoms with Crippen LogP contribution in [0.2, 0.25) is 0 Å². The molecule has 66 valence electrons. The van der Waals surface area contributed by atoms with Crippen molar-refractivity contribution in [3.05, 3.63) is 0 Å². The van der Waals surface area contributed by atoms with E-state index in [-0.39, 0.29) is 0 Å². The average molecular weight is 196 g/mol. The Labute approximate surface area is 72.2 Å². The molecule has 0 aliphatic carbocycles. The van der Waals surface area contributed by atoms with E-state index in [0.717, 1.165) is 0 Å². The third kappa shape index (κ3) is 4.52. The maximum absolute atomic E-state index is 10.6. The minimum Gasteiger partial charge on any atom is -0.766 e. The molecule has 0 radical (unpaired) electrons. The van der Waals surface area contributed by atoms with Crippen LogP contribution in [0.4, 0.5) is 0 Å². The Balaban J connectivity index is 3.73. The normalized spacial score (nSPS) is 15.9. The minimum atomic E-state index is -2.67. The number of thioether (sulfide) groups is 1. The summed E-state index contributed by atoms with van der Waals surface area (Å²) in [5.74, 6) is 0.699. The van der Waals surface area contributed by atoms with E-state index >= 15 is 0 Å². The standard InChI is InChI=1S/C5H11NO3S2/c1-10-3-2-4(6)5(7)11(8)9/h4H,2-3,6H2,1H3,(H,8,9)/p-1. The van der Waals surface area contributed by atoms with Crippen LogP contribution < -0.4 is 5.73 Å². The summed E-state index contributed by atoms with van der Waals surface area (Å²) in [6, 6.07) is -0.860. The lowest BCUT2D eigenvalue weighted by Gasteiger charge is -2.10. The van der Waals surface area contributed by atoms with E-state index in [4.69, 9.17) is 5.73 Å². The zero-order valence-corrected chi connectivity index (χ0v) is 7.74. The first-order chi connectivity index (χ1) is 5.09. The van der Waals surface area contributed by atoms with Crippen LogP contribution in [-0.4, -0.2) is 31.9 Å². The topological polar surface area (TPSA) is 83.2 Å². The largest absolute Gasteiger partial charge is 0.766 e. The molecule has 0 aliphatic rings. The van der Waals surface area contributed by atoms with Crippen LogP contribution in [0.15, 0.2) is 0 Å². The van der Waals surface area contributed by atoms with Crippen molar-refractivity contribution >= 4 is 28.0 Å². The predicted molar refractivity (Wildman–Crippen MR) is 44.9 cm³/mol. The highest BCUT2D eigenvalue weighted by Gasteiger charge is 2.12. The number of nitrogens with two attached hydrogens (primary N) is 1. The van der Waals surface area contributed by atoms with Gasteiger partial charge in [0, 0.05) is 11.1 Å². The molecule has 2 unspecified atom stereocenters. The highest BCUT2D eigenvalue weighted by molar-refractivity contribution is 7.98. The van der Waals surface area contributed by atoms with E-state index in [1.54, 1.807) is 0 Å². The van der Waals surface area contributed by atoms with E-state index in [9.17, 15) is 13.6 Å². The Morgan fingerprint density at radius 3 is 2.73 bits per heavy atom. The van der Waals surface area contributed by atoms with E-state index in [1.165, 1.54) is 11.8 Å². The molecule has 0 saturated heterocycles. The molecular weight excluding hydrogens is 186 g/mol. The first-order valence-corrected chi connectivity index (χ1v) is 5.44. The van der Waals surface area contributed by atoms with Crippen LogP contribution in [0.3, 0.4) is 0 Å². The van der Waals surface area contributed by atoms with Crippen molar-refractivity contribution in [2.45, 2.75) is 12.5 Å². The summed E-state index contributed by atoms with van der Waals surface area (Å²) in [5, 5.41) is -0.904. The highest BCUT2D eigenvalue weighted by atomic mass is 32.2. The molecule has 0 spiro atoms. The maximum Gasteiger partial charge on any atom is 0.222 e. The molecule has 2 N–H and O–H groups in total. The van der Waals surface area contributed by atoms with Gasteiger partial charge in [-0.2, -0.15) is 11.8 Å². The van der Waals surface area contributed by atoms with Crippen LogP contribution in [-0.2, 0) is 15.9 Å². The molecule has 0 aromatic rings. The lowest BCUT2D eigenvalue weighted by atomic mass is 10.3. The molecular formula is C5H10NO3S2-. The number of carbonyl (C=O) groups excluding carboxylic acids is 1. The lowest BCUT2D eigenvalue weighted by molar-refractivity contribution is -0.113. The first kappa shape index (κ1) is 11.1. The van der Waals surface area contributed by atoms with Gasteiger partial charge in [-0.05, 0) is 18.4 Å². The van der Waals surface area contributed by atoms with Crippen molar-refractivity contribution in [1.29, 1.82) is 0 Å². The van der Waals surface area contributed by atoms with Crippen molar-refractivity contribution < 1.29 is 13.6 Å². The fraction of sp³-hybridized carbons (Fsp3) is 0.800. The highest BCUT2D eigenvalue weighted by Crippen LogP contribution is 2.00. The van der Waals surface area contributed by atoms with Gasteiger partial charge in [-0.25, -0.2) is 0 Å². The molecule has 0 aromatic heterocycles. The van der Waals surface area contributed by atoms with E-state index in [0.29, 0.717) is 12.2 Å². The monoisotopic (exact) mass is 196 g/mol. The maximum atomic E-state index is 10.6. The van der Waals surface area contributed by atoms with Gasteiger partial charge in [0.2, 0.25) is 5.12 Å². The fourth-order valence-corrected chi connectivity index (χ4v) is 1.34. The summed E-state index contributed by atoms with van der Waals surface area (Å²) in [4.78, 5) is 10.6. The van der Waals surface area contributed by atoms with Crippen LogP contribution in [0.25, 0.3) is 0 Å². The molecule has 0 amide bonds. The Hall–Kier alpha value is 0.0900. The van der Waals surface area contributed by atoms with Crippen LogP contribution >= 0.6 is 11.8 Å². The van der Waals surface area contributed by atoms with Gasteiger partial charge in [0.05, 0.1) is 6.04 Å². The summed E-state index contributed by atoms with van der Waals surface area (Å²) in [6.45, 7) is 0. The summed E-state index contributed by atoms with van der Waals surface area (Å²) in [6.07, 6.45) is 2.28. The molecule has 0 saturated carbocycles. The van der Waals surface area contributed by atoms with Gasteiger partial charge < -0.3 is 10.3 Å². The van der Waals surface area contributed by atoms with Gasteiger partial charge in [-0.3, -0.25) is 9.00 Å². The number of carbonyl (C=O) groups is 1. The second-order valence-electron chi connectivity index (χ2n) is 1.94. The molecule has 6 heteroatoms. The number of hydrogen-bond donors (Lipinski definition) is 1. The van der Waals surface area contributed by atoms with Crippen molar-refractivity contribution in [1.82, 2.24) is 0 Å². The Morgan fingerprint density at radius 2 is 2.36 bits per heavy atom. The minimum absolute atomic E-state index is 0.411. The molecule has 0 fully saturated rings. The van der Waals surface area contributed by atoms with Crippen molar-refractivity contribution in [2.24, 2.45) is 5.73 Å². The smallest absolute Gasteiger partial charge is 0.222 e. The van der Waals surface area contributed by atoms with E-state index in [1.807, 2.05) is 6.26 Å². The van der Waals surface area contributed by atoms with Crippen molar-refractivity contribution in [3.63, 3.8) is 0 Å². The van der Waals surface area contributed by atoms with Gasteiger partial charge in [0.15, 0.2) is 0 Å². The molecule has 11 heavy (non-hydrogen) atoms. The van der Waals surface area contributed by atoms with Crippen LogP contribution in [0, 0.1) is 0 Å². The molecule has 2 atom stereocenters. The third-order valence-corrected chi connectivity index (χ3v) is 2.38. The Kier molecular flexibility index (Phi) is 5.75. The zero-order valence-electron chi connectivity index (χ0n) is 6.11. The number of hydrogen-bond acceptors (Lipinski definition) is 5. The molecule has 0 rings (SSSR count). The van der Waals surface area contributed by atoms with Crippen molar-refractivity contribution in [3.8, 4) is 0 Å². The van der Waals surface area contributed by atoms with E-state index in [2.05, 4.69) is 0 Å². The Morgan fingerprint density at radius 1 is 1.82 bits per heavy atom. The molecule has 4 nitrogen and oxygen atoms in total. The summed E-state index contributed by atoms with van der Waals surface area (Å²) < 4.78 is 20.1. The van der Waals surface area contributed by atoms with E-state index < -0.39 is 22.2 Å². The van der Waals surface area contributed by atoms with Gasteiger partial charge in [0.25, 0.3) is 0 Å². The zero-order chi connectivity index (χ0) is 8.85. The number of rotatable bonds is 4. The summed E-state index contributed by atoms with van der Waals surface area (Å²) in [7, 11) is 0. The van der Waals surface area contributed by atoms with Gasteiger partial charge in [-0.15, -0.1) is 0 Å². The summed E-state index contributed by atoms with van der Waals surface area (Å²) in [5.41, 5.74) is 5.25. The second kappa shape index (κ2) is 5.70. The van der Waals surface area contributed by atoms with Gasteiger partial charge in [-0.1, -0.05) is 0 Å². The molecule has 0 heterocycles. The lowest BCUT2D eigenvalue weighted by Crippen LogP contribution is -2.33. The van der Waals surface area contributed by atoms with Gasteiger partial charge >= 0.3 is 0 Å². The average Bonchev–Trinajstić information content (AvgIpc) is 1.98. The SMILES string of the molecule is CSCCC(N)C(=O)S(=O)[O-]. The third-order valence-electron chi connectivity index (χ3n) is 1.10. The molecule has 0 aliphatic heterocycles. The summed E-state index contributed by atoms with van der Waals surface area (Å²) >= 11 is -1.14. The predicted octanol–water partition coefficient (Wildman–Crippen LogP) is -0.527. The van der Waals surface area contributed by atoms with Crippen molar-refractivity contribution in [2.75, 3.05) is 12.0 Å². The second-order valence-corrected chi connectivity index (χ2v) is 3.80. The van der Waals surface area contributed by atoms with Crippen LogP contribution in [0.5, 0.6) is 0 Å². The Bertz CT molecular complexity index is 162. The van der Waals surface area contributed by atoms with Gasteiger partial charge in [0.1, 0.15) is 0 Å². The van der Waals surface area contributed by atoms with Crippen LogP contribution in [0.1, 0.15) is 6.42 Å². The fourth-order valence-electron chi connectivity index (χ4n) is 0.486. The molecule has 0 bridgehead atoms. The molecule has 0 aromatic carbocycles.